The van der Waals surface area contributed by atoms with Crippen LogP contribution < -0.4 is 5.19 Å². The van der Waals surface area contributed by atoms with Crippen LogP contribution in [-0.2, 0) is 0 Å². The van der Waals surface area contributed by atoms with Crippen molar-refractivity contribution >= 4 is 24.2 Å². The van der Waals surface area contributed by atoms with Gasteiger partial charge >= 0.3 is 0 Å². The second kappa shape index (κ2) is 5.28. The van der Waals surface area contributed by atoms with Crippen LogP contribution in [0, 0.1) is 12.7 Å². The van der Waals surface area contributed by atoms with E-state index in [0.717, 1.165) is 22.2 Å². The summed E-state index contributed by atoms with van der Waals surface area (Å²) in [6, 6.07) is 11.5. The summed E-state index contributed by atoms with van der Waals surface area (Å²) in [6.07, 6.45) is 1.59. The van der Waals surface area contributed by atoms with Gasteiger partial charge in [-0.25, -0.2) is 14.4 Å². The molecule has 3 aromatic rings. The van der Waals surface area contributed by atoms with Gasteiger partial charge in [0.2, 0.25) is 0 Å². The minimum absolute atomic E-state index is 0.192. The van der Waals surface area contributed by atoms with Crippen LogP contribution in [0.1, 0.15) is 5.56 Å². The van der Waals surface area contributed by atoms with Crippen LogP contribution in [-0.4, -0.2) is 18.0 Å². The maximum Gasteiger partial charge on any atom is 0.126 e. The van der Waals surface area contributed by atoms with Gasteiger partial charge in [0.25, 0.3) is 0 Å². The van der Waals surface area contributed by atoms with Crippen molar-refractivity contribution < 1.29 is 4.39 Å². The maximum atomic E-state index is 13.5. The maximum absolute atomic E-state index is 13.5. The molecule has 4 heteroatoms. The molecular formula is C18H19FN2Si. The van der Waals surface area contributed by atoms with Crippen LogP contribution in [0.3, 0.4) is 0 Å². The van der Waals surface area contributed by atoms with Crippen LogP contribution in [0.2, 0.25) is 19.6 Å². The number of hydrogen-bond donors (Lipinski definition) is 0. The van der Waals surface area contributed by atoms with Gasteiger partial charge in [-0.1, -0.05) is 37.0 Å². The SMILES string of the molecule is Cc1cc(-c2ncnc3cc([Si](C)(C)C)ccc23)ccc1F. The van der Waals surface area contributed by atoms with E-state index in [-0.39, 0.29) is 5.82 Å². The highest BCUT2D eigenvalue weighted by Crippen LogP contribution is 2.26. The Bertz CT molecular complexity index is 853. The number of hydrogen-bond acceptors (Lipinski definition) is 2. The van der Waals surface area contributed by atoms with Gasteiger partial charge in [0.15, 0.2) is 0 Å². The monoisotopic (exact) mass is 310 g/mol. The van der Waals surface area contributed by atoms with Gasteiger partial charge in [-0.3, -0.25) is 0 Å². The Morgan fingerprint density at radius 2 is 1.73 bits per heavy atom. The first kappa shape index (κ1) is 14.8. The molecule has 0 aliphatic carbocycles. The summed E-state index contributed by atoms with van der Waals surface area (Å²) in [5, 5.41) is 2.38. The zero-order valence-electron chi connectivity index (χ0n) is 13.3. The molecule has 0 spiro atoms. The molecule has 0 aliphatic rings. The molecule has 2 nitrogen and oxygen atoms in total. The number of benzene rings is 2. The molecule has 112 valence electrons. The molecule has 0 unspecified atom stereocenters. The van der Waals surface area contributed by atoms with E-state index in [9.17, 15) is 4.39 Å². The Kier molecular flexibility index (Phi) is 3.57. The van der Waals surface area contributed by atoms with Gasteiger partial charge in [-0.2, -0.15) is 0 Å². The largest absolute Gasteiger partial charge is 0.236 e. The van der Waals surface area contributed by atoms with Crippen molar-refractivity contribution in [2.45, 2.75) is 26.6 Å². The third-order valence-electron chi connectivity index (χ3n) is 3.93. The highest BCUT2D eigenvalue weighted by Gasteiger charge is 2.17. The van der Waals surface area contributed by atoms with E-state index in [2.05, 4.69) is 47.8 Å². The predicted octanol–water partition coefficient (Wildman–Crippen LogP) is 4.29. The Balaban J connectivity index is 2.20. The quantitative estimate of drug-likeness (QED) is 0.660. The molecule has 0 bridgehead atoms. The topological polar surface area (TPSA) is 25.8 Å². The average molecular weight is 310 g/mol. The van der Waals surface area contributed by atoms with Crippen molar-refractivity contribution in [1.29, 1.82) is 0 Å². The highest BCUT2D eigenvalue weighted by atomic mass is 28.3. The smallest absolute Gasteiger partial charge is 0.126 e. The minimum Gasteiger partial charge on any atom is -0.236 e. The second-order valence-electron chi connectivity index (χ2n) is 6.67. The molecule has 0 amide bonds. The molecule has 0 N–H and O–H groups in total. The van der Waals surface area contributed by atoms with Gasteiger partial charge in [0, 0.05) is 10.9 Å². The molecule has 3 rings (SSSR count). The molecule has 0 fully saturated rings. The number of nitrogens with zero attached hydrogens (tertiary/aromatic N) is 2. The Morgan fingerprint density at radius 1 is 0.955 bits per heavy atom. The molecule has 1 aromatic heterocycles. The number of aryl methyl sites for hydroxylation is 1. The first-order valence-corrected chi connectivity index (χ1v) is 10.9. The van der Waals surface area contributed by atoms with Gasteiger partial charge in [0.05, 0.1) is 19.3 Å². The Hall–Kier alpha value is -2.07. The fraction of sp³-hybridized carbons (Fsp3) is 0.222. The molecule has 0 saturated heterocycles. The Morgan fingerprint density at radius 3 is 2.41 bits per heavy atom. The molecular weight excluding hydrogens is 291 g/mol. The van der Waals surface area contributed by atoms with Crippen molar-refractivity contribution in [3.8, 4) is 11.3 Å². The molecule has 0 aliphatic heterocycles. The fourth-order valence-electron chi connectivity index (χ4n) is 2.55. The van der Waals surface area contributed by atoms with Gasteiger partial charge < -0.3 is 0 Å². The summed E-state index contributed by atoms with van der Waals surface area (Å²) in [5.41, 5.74) is 3.36. The number of fused-ring (bicyclic) bond motifs is 1. The number of rotatable bonds is 2. The second-order valence-corrected chi connectivity index (χ2v) is 11.7. The third-order valence-corrected chi connectivity index (χ3v) is 5.98. The summed E-state index contributed by atoms with van der Waals surface area (Å²) in [4.78, 5) is 8.84. The lowest BCUT2D eigenvalue weighted by Gasteiger charge is -2.17. The van der Waals surface area contributed by atoms with E-state index in [1.165, 1.54) is 11.3 Å². The first-order valence-electron chi connectivity index (χ1n) is 7.38. The van der Waals surface area contributed by atoms with Gasteiger partial charge in [-0.05, 0) is 36.8 Å². The third kappa shape index (κ3) is 2.66. The minimum atomic E-state index is -1.37. The normalized spacial score (nSPS) is 11.9. The molecule has 0 radical (unpaired) electrons. The van der Waals surface area contributed by atoms with Crippen LogP contribution in [0.15, 0.2) is 42.7 Å². The van der Waals surface area contributed by atoms with E-state index in [4.69, 9.17) is 0 Å². The van der Waals surface area contributed by atoms with Gasteiger partial charge in [0.1, 0.15) is 12.1 Å². The van der Waals surface area contributed by atoms with Crippen molar-refractivity contribution in [3.63, 3.8) is 0 Å². The first-order chi connectivity index (χ1) is 10.4. The fourth-order valence-corrected chi connectivity index (χ4v) is 3.70. The van der Waals surface area contributed by atoms with Crippen molar-refractivity contribution in [2.24, 2.45) is 0 Å². The lowest BCUT2D eigenvalue weighted by atomic mass is 10.0. The van der Waals surface area contributed by atoms with Crippen molar-refractivity contribution in [2.75, 3.05) is 0 Å². The molecule has 0 saturated carbocycles. The molecule has 2 aromatic carbocycles. The summed E-state index contributed by atoms with van der Waals surface area (Å²) in [7, 11) is -1.37. The number of aromatic nitrogens is 2. The van der Waals surface area contributed by atoms with Gasteiger partial charge in [-0.15, -0.1) is 0 Å². The Labute approximate surface area is 131 Å². The zero-order chi connectivity index (χ0) is 15.9. The average Bonchev–Trinajstić information content (AvgIpc) is 2.48. The summed E-state index contributed by atoms with van der Waals surface area (Å²) < 4.78 is 13.5. The van der Waals surface area contributed by atoms with E-state index >= 15 is 0 Å². The van der Waals surface area contributed by atoms with Crippen molar-refractivity contribution in [3.05, 3.63) is 54.1 Å². The predicted molar refractivity (Wildman–Crippen MR) is 92.6 cm³/mol. The van der Waals surface area contributed by atoms with Crippen LogP contribution >= 0.6 is 0 Å². The standard InChI is InChI=1S/C18H19FN2Si/c1-12-9-13(5-8-16(12)19)18-15-7-6-14(22(2,3)4)10-17(15)20-11-21-18/h5-11H,1-4H3. The number of halogens is 1. The molecule has 1 heterocycles. The summed E-state index contributed by atoms with van der Waals surface area (Å²) >= 11 is 0. The molecule has 0 atom stereocenters. The lowest BCUT2D eigenvalue weighted by Crippen LogP contribution is -2.37. The summed E-state index contributed by atoms with van der Waals surface area (Å²) in [5.74, 6) is -0.192. The van der Waals surface area contributed by atoms with Crippen LogP contribution in [0.4, 0.5) is 4.39 Å². The van der Waals surface area contributed by atoms with Crippen molar-refractivity contribution in [1.82, 2.24) is 9.97 Å². The van der Waals surface area contributed by atoms with E-state index in [0.29, 0.717) is 5.56 Å². The highest BCUT2D eigenvalue weighted by molar-refractivity contribution is 6.88. The zero-order valence-corrected chi connectivity index (χ0v) is 14.3. The van der Waals surface area contributed by atoms with E-state index in [1.807, 2.05) is 6.07 Å². The van der Waals surface area contributed by atoms with Crippen LogP contribution in [0.5, 0.6) is 0 Å². The summed E-state index contributed by atoms with van der Waals surface area (Å²) in [6.45, 7) is 8.73. The molecule has 22 heavy (non-hydrogen) atoms. The van der Waals surface area contributed by atoms with E-state index < -0.39 is 8.07 Å². The van der Waals surface area contributed by atoms with E-state index in [1.54, 1.807) is 19.3 Å². The lowest BCUT2D eigenvalue weighted by molar-refractivity contribution is 0.619. The van der Waals surface area contributed by atoms with Crippen LogP contribution in [0.25, 0.3) is 22.2 Å².